The highest BCUT2D eigenvalue weighted by Crippen LogP contribution is 2.43. The molecule has 0 aliphatic heterocycles. The molecule has 0 saturated carbocycles. The average Bonchev–Trinajstić information content (AvgIpc) is 3.02. The minimum Gasteiger partial charge on any atom is -0.494 e. The van der Waals surface area contributed by atoms with Gasteiger partial charge in [-0.2, -0.15) is 4.98 Å². The van der Waals surface area contributed by atoms with Gasteiger partial charge in [0.25, 0.3) is 0 Å². The topological polar surface area (TPSA) is 164 Å². The Kier molecular flexibility index (Phi) is 9.45. The molecule has 11 nitrogen and oxygen atoms in total. The molecule has 4 aromatic carbocycles. The van der Waals surface area contributed by atoms with Crippen LogP contribution in [0.2, 0.25) is 0 Å². The Hall–Kier alpha value is -5.41. The van der Waals surface area contributed by atoms with Crippen molar-refractivity contribution in [2.24, 2.45) is 0 Å². The summed E-state index contributed by atoms with van der Waals surface area (Å²) in [6.07, 6.45) is 2.79. The number of aryl methyl sites for hydroxylation is 1. The molecule has 6 N–H and O–H groups in total. The Balaban J connectivity index is 1.40. The van der Waals surface area contributed by atoms with E-state index in [0.29, 0.717) is 56.9 Å². The highest BCUT2D eigenvalue weighted by Gasteiger charge is 2.26. The van der Waals surface area contributed by atoms with Gasteiger partial charge in [0.15, 0.2) is 5.75 Å². The minimum atomic E-state index is -2.74. The van der Waals surface area contributed by atoms with E-state index >= 15 is 0 Å². The van der Waals surface area contributed by atoms with Crippen molar-refractivity contribution >= 4 is 64.2 Å². The highest BCUT2D eigenvalue weighted by molar-refractivity contribution is 7.70. The Morgan fingerprint density at radius 2 is 1.69 bits per heavy atom. The number of nitrogens with two attached hydrogens (primary N) is 1. The maximum absolute atomic E-state index is 13.4. The molecule has 0 radical (unpaired) electrons. The van der Waals surface area contributed by atoms with Crippen molar-refractivity contribution < 1.29 is 18.8 Å². The number of carbonyl (C=O) groups excluding carboxylic acids is 1. The molecule has 0 bridgehead atoms. The quantitative estimate of drug-likeness (QED) is 0.0597. The molecule has 2 amide bonds. The number of nitrogens with one attached hydrogen (secondary N) is 4. The Bertz CT molecular complexity index is 2090. The summed E-state index contributed by atoms with van der Waals surface area (Å²) in [4.78, 5) is 22.3. The van der Waals surface area contributed by atoms with Crippen molar-refractivity contribution in [1.29, 1.82) is 5.41 Å². The lowest BCUT2D eigenvalue weighted by molar-refractivity contribution is 0.262. The Morgan fingerprint density at radius 3 is 2.35 bits per heavy atom. The summed E-state index contributed by atoms with van der Waals surface area (Å²) in [7, 11) is -1.23. The van der Waals surface area contributed by atoms with Crippen molar-refractivity contribution in [3.05, 3.63) is 89.6 Å². The lowest BCUT2D eigenvalue weighted by Gasteiger charge is -2.25. The van der Waals surface area contributed by atoms with Gasteiger partial charge in [0.2, 0.25) is 11.8 Å². The van der Waals surface area contributed by atoms with Gasteiger partial charge < -0.3 is 41.1 Å². The molecule has 0 unspecified atom stereocenters. The number of aromatic nitrogens is 2. The van der Waals surface area contributed by atoms with Crippen LogP contribution in [0.5, 0.6) is 17.4 Å². The smallest absolute Gasteiger partial charge is 0.323 e. The first-order valence-corrected chi connectivity index (χ1v) is 17.8. The maximum atomic E-state index is 13.4. The third kappa shape index (κ3) is 7.42. The zero-order valence-electron chi connectivity index (χ0n) is 28.1. The summed E-state index contributed by atoms with van der Waals surface area (Å²) < 4.78 is 25.1. The molecule has 0 atom stereocenters. The molecule has 5 rings (SSSR count). The number of ether oxygens (including phenoxy) is 2. The molecule has 248 valence electrons. The summed E-state index contributed by atoms with van der Waals surface area (Å²) >= 11 is 0. The number of nitrogen functional groups attached to an aromatic ring is 1. The first-order valence-electron chi connectivity index (χ1n) is 15.2. The van der Waals surface area contributed by atoms with E-state index in [4.69, 9.17) is 20.6 Å². The number of hydrogen-bond donors (Lipinski definition) is 5. The molecule has 0 fully saturated rings. The number of anilines is 5. The van der Waals surface area contributed by atoms with Crippen molar-refractivity contribution in [2.75, 3.05) is 42.1 Å². The van der Waals surface area contributed by atoms with Gasteiger partial charge in [0.1, 0.15) is 12.9 Å². The fourth-order valence-electron chi connectivity index (χ4n) is 5.22. The number of benzene rings is 4. The largest absolute Gasteiger partial charge is 0.494 e. The Labute approximate surface area is 280 Å². The molecule has 0 saturated heterocycles. The number of amides is 2. The van der Waals surface area contributed by atoms with E-state index in [2.05, 4.69) is 46.7 Å². The van der Waals surface area contributed by atoms with Crippen molar-refractivity contribution in [2.45, 2.75) is 33.1 Å². The van der Waals surface area contributed by atoms with E-state index in [1.54, 1.807) is 43.8 Å². The van der Waals surface area contributed by atoms with Gasteiger partial charge in [-0.25, -0.2) is 9.78 Å². The third-order valence-corrected chi connectivity index (χ3v) is 9.27. The zero-order valence-corrected chi connectivity index (χ0v) is 29.0. The van der Waals surface area contributed by atoms with Gasteiger partial charge in [-0.05, 0) is 73.2 Å². The standard InChI is InChI=1S/C36H40N7O4P/c1-21-16-24(17-22(20-37)32(21)38)40-34-39-15-14-31(43-34)47-29-13-12-27(25-10-8-9-11-26(25)29)41-35(44)42-28-18-23(36(2,3)4)19-30(33(28)46-5)48(6,7)45/h8-20,37H,38H2,1-7H3,(H,39,40,43)(H2,41,42,44). The molecule has 0 aliphatic carbocycles. The average molecular weight is 666 g/mol. The normalized spacial score (nSPS) is 11.6. The summed E-state index contributed by atoms with van der Waals surface area (Å²) in [6, 6.07) is 19.6. The second-order valence-electron chi connectivity index (χ2n) is 12.8. The van der Waals surface area contributed by atoms with E-state index in [0.717, 1.165) is 21.9 Å². The van der Waals surface area contributed by atoms with Crippen LogP contribution in [0.15, 0.2) is 72.9 Å². The predicted molar refractivity (Wildman–Crippen MR) is 196 cm³/mol. The van der Waals surface area contributed by atoms with Crippen LogP contribution in [0.3, 0.4) is 0 Å². The van der Waals surface area contributed by atoms with E-state index in [-0.39, 0.29) is 5.41 Å². The predicted octanol–water partition coefficient (Wildman–Crippen LogP) is 8.25. The molecule has 0 spiro atoms. The van der Waals surface area contributed by atoms with Gasteiger partial charge in [0.05, 0.1) is 23.8 Å². The van der Waals surface area contributed by atoms with Crippen molar-refractivity contribution in [3.63, 3.8) is 0 Å². The monoisotopic (exact) mass is 665 g/mol. The number of carbonyl (C=O) groups is 1. The lowest BCUT2D eigenvalue weighted by Crippen LogP contribution is -2.23. The highest BCUT2D eigenvalue weighted by atomic mass is 31.2. The van der Waals surface area contributed by atoms with Crippen molar-refractivity contribution in [1.82, 2.24) is 9.97 Å². The first-order chi connectivity index (χ1) is 22.7. The van der Waals surface area contributed by atoms with E-state index in [1.165, 1.54) is 13.3 Å². The number of methoxy groups -OCH3 is 1. The fraction of sp³-hybridized carbons (Fsp3) is 0.222. The molecular weight excluding hydrogens is 625 g/mol. The van der Waals surface area contributed by atoms with Gasteiger partial charge in [-0.15, -0.1) is 0 Å². The lowest BCUT2D eigenvalue weighted by atomic mass is 9.86. The van der Waals surface area contributed by atoms with Crippen LogP contribution >= 0.6 is 7.14 Å². The SMILES string of the molecule is COc1c(NC(=O)Nc2ccc(Oc3ccnc(Nc4cc(C)c(N)c(C=N)c4)n3)c3ccccc23)cc(C(C)(C)C)cc1P(C)(C)=O. The molecule has 1 heterocycles. The summed E-state index contributed by atoms with van der Waals surface area (Å²) in [6.45, 7) is 11.4. The number of urea groups is 1. The first kappa shape index (κ1) is 33.9. The number of hydrogen-bond acceptors (Lipinski definition) is 9. The van der Waals surface area contributed by atoms with Crippen LogP contribution in [0.1, 0.15) is 37.5 Å². The van der Waals surface area contributed by atoms with Gasteiger partial charge in [-0.1, -0.05) is 45.0 Å². The van der Waals surface area contributed by atoms with E-state index < -0.39 is 13.2 Å². The fourth-order valence-corrected chi connectivity index (χ4v) is 6.37. The molecular formula is C36H40N7O4P. The number of fused-ring (bicyclic) bond motifs is 1. The van der Waals surface area contributed by atoms with Gasteiger partial charge in [-0.3, -0.25) is 0 Å². The van der Waals surface area contributed by atoms with E-state index in [9.17, 15) is 9.36 Å². The van der Waals surface area contributed by atoms with E-state index in [1.807, 2.05) is 49.4 Å². The number of rotatable bonds is 9. The van der Waals surface area contributed by atoms with Crippen LogP contribution in [-0.2, 0) is 9.98 Å². The zero-order chi connectivity index (χ0) is 34.8. The molecule has 1 aromatic heterocycles. The molecule has 0 aliphatic rings. The van der Waals surface area contributed by atoms with Crippen LogP contribution in [0, 0.1) is 12.3 Å². The molecule has 48 heavy (non-hydrogen) atoms. The summed E-state index contributed by atoms with van der Waals surface area (Å²) in [5, 5.41) is 18.7. The second-order valence-corrected chi connectivity index (χ2v) is 16.0. The maximum Gasteiger partial charge on any atom is 0.323 e. The molecule has 12 heteroatoms. The van der Waals surface area contributed by atoms with Gasteiger partial charge in [0, 0.05) is 46.2 Å². The van der Waals surface area contributed by atoms with Crippen LogP contribution in [0.25, 0.3) is 10.8 Å². The van der Waals surface area contributed by atoms with Gasteiger partial charge >= 0.3 is 6.03 Å². The Morgan fingerprint density at radius 1 is 0.979 bits per heavy atom. The van der Waals surface area contributed by atoms with Crippen LogP contribution in [0.4, 0.5) is 33.5 Å². The van der Waals surface area contributed by atoms with Crippen LogP contribution in [-0.4, -0.2) is 42.7 Å². The summed E-state index contributed by atoms with van der Waals surface area (Å²) in [5.41, 5.74) is 10.4. The minimum absolute atomic E-state index is 0.255. The molecule has 5 aromatic rings. The van der Waals surface area contributed by atoms with Crippen molar-refractivity contribution in [3.8, 4) is 17.4 Å². The number of nitrogens with zero attached hydrogens (tertiary/aromatic N) is 2. The summed E-state index contributed by atoms with van der Waals surface area (Å²) in [5.74, 6) is 1.52. The second kappa shape index (κ2) is 13.4. The third-order valence-electron chi connectivity index (χ3n) is 7.78. The van der Waals surface area contributed by atoms with Crippen LogP contribution < -0.4 is 36.5 Å².